The number of benzene rings is 2. The van der Waals surface area contributed by atoms with E-state index >= 15 is 0 Å². The van der Waals surface area contributed by atoms with E-state index in [4.69, 9.17) is 11.6 Å². The van der Waals surface area contributed by atoms with Crippen LogP contribution >= 0.6 is 11.6 Å². The van der Waals surface area contributed by atoms with E-state index in [0.29, 0.717) is 5.02 Å². The number of para-hydroxylation sites is 1. The Hall–Kier alpha value is -1.77. The van der Waals surface area contributed by atoms with Crippen molar-refractivity contribution < 1.29 is 21.6 Å². The third-order valence-corrected chi connectivity index (χ3v) is 6.41. The molecular formula is C17H16ClF3N2O2S. The summed E-state index contributed by atoms with van der Waals surface area (Å²) in [5.74, 6) is 0. The lowest BCUT2D eigenvalue weighted by Crippen LogP contribution is -2.49. The summed E-state index contributed by atoms with van der Waals surface area (Å²) in [7, 11) is -3.70. The number of sulfonamides is 1. The van der Waals surface area contributed by atoms with Crippen LogP contribution < -0.4 is 4.90 Å². The summed E-state index contributed by atoms with van der Waals surface area (Å²) in [4.78, 5) is 1.68. The number of anilines is 1. The average Bonchev–Trinajstić information content (AvgIpc) is 2.61. The summed E-state index contributed by atoms with van der Waals surface area (Å²) in [6, 6.07) is 11.1. The number of alkyl halides is 3. The molecule has 0 bridgehead atoms. The van der Waals surface area contributed by atoms with Crippen molar-refractivity contribution in [2.24, 2.45) is 0 Å². The SMILES string of the molecule is O=S(=O)(c1ccc(Cl)cc1)N1CCN(c2ccccc2C(F)(F)F)CC1. The third kappa shape index (κ3) is 3.82. The van der Waals surface area contributed by atoms with Crippen molar-refractivity contribution >= 4 is 27.3 Å². The first-order valence-corrected chi connectivity index (χ1v) is 9.68. The Bertz CT molecular complexity index is 878. The van der Waals surface area contributed by atoms with Gasteiger partial charge in [0.25, 0.3) is 0 Å². The molecule has 1 aliphatic rings. The highest BCUT2D eigenvalue weighted by Crippen LogP contribution is 2.37. The number of halogens is 4. The summed E-state index contributed by atoms with van der Waals surface area (Å²) in [5, 5.41) is 0.428. The van der Waals surface area contributed by atoms with Crippen molar-refractivity contribution in [3.05, 3.63) is 59.1 Å². The first kappa shape index (κ1) is 19.0. The van der Waals surface area contributed by atoms with Crippen LogP contribution in [0, 0.1) is 0 Å². The van der Waals surface area contributed by atoms with E-state index in [1.165, 1.54) is 40.7 Å². The average molecular weight is 405 g/mol. The molecule has 0 amide bonds. The lowest BCUT2D eigenvalue weighted by molar-refractivity contribution is -0.137. The van der Waals surface area contributed by atoms with Crippen LogP contribution in [0.2, 0.25) is 5.02 Å². The molecule has 0 aromatic heterocycles. The number of piperazine rings is 1. The van der Waals surface area contributed by atoms with E-state index in [1.807, 2.05) is 0 Å². The lowest BCUT2D eigenvalue weighted by atomic mass is 10.1. The molecule has 1 fully saturated rings. The highest BCUT2D eigenvalue weighted by molar-refractivity contribution is 7.89. The first-order chi connectivity index (χ1) is 12.2. The Labute approximate surface area is 154 Å². The van der Waals surface area contributed by atoms with Crippen molar-refractivity contribution in [3.8, 4) is 0 Å². The molecule has 2 aromatic carbocycles. The van der Waals surface area contributed by atoms with Crippen LogP contribution in [0.5, 0.6) is 0 Å². The molecule has 0 N–H and O–H groups in total. The van der Waals surface area contributed by atoms with E-state index in [9.17, 15) is 21.6 Å². The largest absolute Gasteiger partial charge is 0.418 e. The normalized spacial score (nSPS) is 16.7. The fraction of sp³-hybridized carbons (Fsp3) is 0.294. The lowest BCUT2D eigenvalue weighted by Gasteiger charge is -2.36. The molecule has 1 heterocycles. The van der Waals surface area contributed by atoms with Crippen LogP contribution in [0.3, 0.4) is 0 Å². The minimum Gasteiger partial charge on any atom is -0.368 e. The van der Waals surface area contributed by atoms with E-state index in [0.717, 1.165) is 6.07 Å². The zero-order valence-electron chi connectivity index (χ0n) is 13.6. The highest BCUT2D eigenvalue weighted by atomic mass is 35.5. The summed E-state index contributed by atoms with van der Waals surface area (Å²) in [6.07, 6.45) is -4.46. The third-order valence-electron chi connectivity index (χ3n) is 4.24. The number of hydrogen-bond acceptors (Lipinski definition) is 3. The predicted molar refractivity (Wildman–Crippen MR) is 93.9 cm³/mol. The van der Waals surface area contributed by atoms with Gasteiger partial charge < -0.3 is 4.90 Å². The number of nitrogens with zero attached hydrogens (tertiary/aromatic N) is 2. The molecule has 0 saturated carbocycles. The molecule has 1 aliphatic heterocycles. The molecule has 1 saturated heterocycles. The van der Waals surface area contributed by atoms with Crippen LogP contribution in [0.4, 0.5) is 18.9 Å². The molecule has 2 aromatic rings. The van der Waals surface area contributed by atoms with Gasteiger partial charge in [-0.2, -0.15) is 17.5 Å². The molecule has 26 heavy (non-hydrogen) atoms. The van der Waals surface area contributed by atoms with Gasteiger partial charge in [0, 0.05) is 36.9 Å². The van der Waals surface area contributed by atoms with Crippen LogP contribution in [-0.2, 0) is 16.2 Å². The Morgan fingerprint density at radius 3 is 2.04 bits per heavy atom. The maximum Gasteiger partial charge on any atom is 0.418 e. The monoisotopic (exact) mass is 404 g/mol. The van der Waals surface area contributed by atoms with Gasteiger partial charge >= 0.3 is 6.18 Å². The molecule has 4 nitrogen and oxygen atoms in total. The van der Waals surface area contributed by atoms with Crippen molar-refractivity contribution in [1.82, 2.24) is 4.31 Å². The van der Waals surface area contributed by atoms with E-state index < -0.39 is 21.8 Å². The summed E-state index contributed by atoms with van der Waals surface area (Å²) >= 11 is 5.78. The smallest absolute Gasteiger partial charge is 0.368 e. The van der Waals surface area contributed by atoms with Gasteiger partial charge in [-0.3, -0.25) is 0 Å². The standard InChI is InChI=1S/C17H16ClF3N2O2S/c18-13-5-7-14(8-6-13)26(24,25)23-11-9-22(10-12-23)16-4-2-1-3-15(16)17(19,20)21/h1-8H,9-12H2. The Kier molecular flexibility index (Phi) is 5.18. The molecule has 0 atom stereocenters. The maximum atomic E-state index is 13.2. The van der Waals surface area contributed by atoms with Gasteiger partial charge in [0.15, 0.2) is 0 Å². The minimum atomic E-state index is -4.46. The van der Waals surface area contributed by atoms with Gasteiger partial charge in [0.1, 0.15) is 0 Å². The second-order valence-electron chi connectivity index (χ2n) is 5.86. The second kappa shape index (κ2) is 7.09. The molecular weight excluding hydrogens is 389 g/mol. The minimum absolute atomic E-state index is 0.0727. The zero-order chi connectivity index (χ0) is 18.9. The Balaban J connectivity index is 1.77. The van der Waals surface area contributed by atoms with Crippen LogP contribution in [-0.4, -0.2) is 38.9 Å². The fourth-order valence-corrected chi connectivity index (χ4v) is 4.46. The fourth-order valence-electron chi connectivity index (χ4n) is 2.91. The van der Waals surface area contributed by atoms with Crippen molar-refractivity contribution in [2.75, 3.05) is 31.1 Å². The molecule has 3 rings (SSSR count). The van der Waals surface area contributed by atoms with Crippen molar-refractivity contribution in [3.63, 3.8) is 0 Å². The first-order valence-electron chi connectivity index (χ1n) is 7.86. The van der Waals surface area contributed by atoms with Crippen molar-refractivity contribution in [2.45, 2.75) is 11.1 Å². The summed E-state index contributed by atoms with van der Waals surface area (Å²) in [6.45, 7) is 0.578. The molecule has 0 aliphatic carbocycles. The molecule has 140 valence electrons. The van der Waals surface area contributed by atoms with Crippen LogP contribution in [0.25, 0.3) is 0 Å². The molecule has 0 radical (unpaired) electrons. The van der Waals surface area contributed by atoms with Gasteiger partial charge in [-0.15, -0.1) is 0 Å². The van der Waals surface area contributed by atoms with Gasteiger partial charge in [0.2, 0.25) is 10.0 Å². The van der Waals surface area contributed by atoms with Crippen LogP contribution in [0.1, 0.15) is 5.56 Å². The van der Waals surface area contributed by atoms with E-state index in [1.54, 1.807) is 11.0 Å². The van der Waals surface area contributed by atoms with Gasteiger partial charge in [-0.25, -0.2) is 8.42 Å². The van der Waals surface area contributed by atoms with E-state index in [-0.39, 0.29) is 36.8 Å². The molecule has 9 heteroatoms. The van der Waals surface area contributed by atoms with Gasteiger partial charge in [0.05, 0.1) is 10.5 Å². The summed E-state index contributed by atoms with van der Waals surface area (Å²) in [5.41, 5.74) is -0.641. The Morgan fingerprint density at radius 2 is 1.46 bits per heavy atom. The second-order valence-corrected chi connectivity index (χ2v) is 8.23. The topological polar surface area (TPSA) is 40.6 Å². The predicted octanol–water partition coefficient (Wildman–Crippen LogP) is 3.87. The van der Waals surface area contributed by atoms with Crippen molar-refractivity contribution in [1.29, 1.82) is 0 Å². The van der Waals surface area contributed by atoms with Gasteiger partial charge in [-0.1, -0.05) is 23.7 Å². The van der Waals surface area contributed by atoms with Crippen LogP contribution in [0.15, 0.2) is 53.4 Å². The quantitative estimate of drug-likeness (QED) is 0.779. The highest BCUT2D eigenvalue weighted by Gasteiger charge is 2.36. The molecule has 0 unspecified atom stereocenters. The van der Waals surface area contributed by atoms with E-state index in [2.05, 4.69) is 0 Å². The zero-order valence-corrected chi connectivity index (χ0v) is 15.2. The van der Waals surface area contributed by atoms with Gasteiger partial charge in [-0.05, 0) is 36.4 Å². The summed E-state index contributed by atoms with van der Waals surface area (Å²) < 4.78 is 66.1. The molecule has 0 spiro atoms. The Morgan fingerprint density at radius 1 is 0.885 bits per heavy atom. The number of rotatable bonds is 3. The number of hydrogen-bond donors (Lipinski definition) is 0. The maximum absolute atomic E-state index is 13.2.